The van der Waals surface area contributed by atoms with E-state index in [1.165, 1.54) is 0 Å². The van der Waals surface area contributed by atoms with Gasteiger partial charge in [0.25, 0.3) is 0 Å². The average Bonchev–Trinajstić information content (AvgIpc) is 1.91. The van der Waals surface area contributed by atoms with Crippen molar-refractivity contribution in [1.29, 1.82) is 0 Å². The molecule has 1 nitrogen and oxygen atoms in total. The third-order valence-electron chi connectivity index (χ3n) is 0.694. The Balaban J connectivity index is 2.79. The molecule has 1 rings (SSSR count). The van der Waals surface area contributed by atoms with E-state index in [1.54, 1.807) is 0 Å². The lowest BCUT2D eigenvalue weighted by molar-refractivity contribution is 0.565. The lowest BCUT2D eigenvalue weighted by atomic mass is 10.5. The lowest BCUT2D eigenvalue weighted by Crippen LogP contribution is -1.72. The molecular formula is C4H3F2N. The molecule has 1 aliphatic heterocycles. The van der Waals surface area contributed by atoms with Gasteiger partial charge in [0.1, 0.15) is 0 Å². The highest BCUT2D eigenvalue weighted by Crippen LogP contribution is 2.10. The fourth-order valence-electron chi connectivity index (χ4n) is 0.352. The normalized spacial score (nSPS) is 19.1. The zero-order chi connectivity index (χ0) is 5.28. The number of hydrogen-bond acceptors (Lipinski definition) is 1. The van der Waals surface area contributed by atoms with Crippen molar-refractivity contribution in [3.8, 4) is 0 Å². The summed E-state index contributed by atoms with van der Waals surface area (Å²) in [5.41, 5.74) is 0. The van der Waals surface area contributed by atoms with Crippen LogP contribution in [0.4, 0.5) is 8.78 Å². The maximum absolute atomic E-state index is 11.7. The summed E-state index contributed by atoms with van der Waals surface area (Å²) in [6, 6.07) is 0. The van der Waals surface area contributed by atoms with Crippen LogP contribution < -0.4 is 0 Å². The van der Waals surface area contributed by atoms with Crippen LogP contribution in [-0.4, -0.2) is 12.8 Å². The Morgan fingerprint density at radius 3 is 2.43 bits per heavy atom. The highest BCUT2D eigenvalue weighted by atomic mass is 19.2. The maximum atomic E-state index is 11.7. The van der Waals surface area contributed by atoms with E-state index in [0.717, 1.165) is 6.21 Å². The van der Waals surface area contributed by atoms with Gasteiger partial charge in [0.15, 0.2) is 11.7 Å². The van der Waals surface area contributed by atoms with Gasteiger partial charge in [-0.15, -0.1) is 0 Å². The molecule has 0 saturated heterocycles. The molecule has 0 aromatic rings. The summed E-state index contributed by atoms with van der Waals surface area (Å²) in [7, 11) is 0. The second-order valence-corrected chi connectivity index (χ2v) is 1.22. The van der Waals surface area contributed by atoms with Crippen LogP contribution in [-0.2, 0) is 0 Å². The van der Waals surface area contributed by atoms with Crippen LogP contribution in [0.1, 0.15) is 0 Å². The van der Waals surface area contributed by atoms with E-state index in [1.807, 2.05) is 0 Å². The van der Waals surface area contributed by atoms with Crippen molar-refractivity contribution in [2.75, 3.05) is 6.54 Å². The maximum Gasteiger partial charge on any atom is 0.174 e. The van der Waals surface area contributed by atoms with Crippen molar-refractivity contribution in [3.63, 3.8) is 0 Å². The van der Waals surface area contributed by atoms with Gasteiger partial charge in [0.05, 0.1) is 12.8 Å². The average molecular weight is 103 g/mol. The minimum Gasteiger partial charge on any atom is -0.283 e. The van der Waals surface area contributed by atoms with Gasteiger partial charge < -0.3 is 0 Å². The molecule has 38 valence electrons. The van der Waals surface area contributed by atoms with Crippen LogP contribution in [0, 0.1) is 0 Å². The molecule has 0 amide bonds. The minimum absolute atomic E-state index is 0.119. The van der Waals surface area contributed by atoms with Gasteiger partial charge >= 0.3 is 0 Å². The van der Waals surface area contributed by atoms with Crippen molar-refractivity contribution < 1.29 is 8.78 Å². The first kappa shape index (κ1) is 4.43. The lowest BCUT2D eigenvalue weighted by Gasteiger charge is -1.76. The van der Waals surface area contributed by atoms with Crippen molar-refractivity contribution in [2.24, 2.45) is 4.99 Å². The van der Waals surface area contributed by atoms with E-state index in [4.69, 9.17) is 0 Å². The molecule has 1 aliphatic rings. The van der Waals surface area contributed by atoms with Gasteiger partial charge in [-0.1, -0.05) is 0 Å². The first-order valence-electron chi connectivity index (χ1n) is 1.84. The molecule has 0 aromatic carbocycles. The summed E-state index contributed by atoms with van der Waals surface area (Å²) < 4.78 is 23.4. The molecule has 0 aromatic heterocycles. The molecule has 0 bridgehead atoms. The number of aliphatic imine (C=N–C) groups is 1. The van der Waals surface area contributed by atoms with Crippen LogP contribution in [0.2, 0.25) is 0 Å². The Morgan fingerprint density at radius 1 is 1.57 bits per heavy atom. The summed E-state index contributed by atoms with van der Waals surface area (Å²) >= 11 is 0. The second kappa shape index (κ2) is 1.40. The van der Waals surface area contributed by atoms with Crippen molar-refractivity contribution in [1.82, 2.24) is 0 Å². The van der Waals surface area contributed by atoms with E-state index < -0.39 is 11.7 Å². The van der Waals surface area contributed by atoms with Gasteiger partial charge in [0.2, 0.25) is 0 Å². The zero-order valence-corrected chi connectivity index (χ0v) is 3.49. The van der Waals surface area contributed by atoms with E-state index >= 15 is 0 Å². The number of allylic oxidation sites excluding steroid dienone is 1. The Kier molecular flexibility index (Phi) is 0.889. The summed E-state index contributed by atoms with van der Waals surface area (Å²) in [5, 5.41) is 0. The number of hydrogen-bond donors (Lipinski definition) is 0. The molecule has 0 aliphatic carbocycles. The Morgan fingerprint density at radius 2 is 2.29 bits per heavy atom. The van der Waals surface area contributed by atoms with Crippen molar-refractivity contribution >= 4 is 6.21 Å². The highest BCUT2D eigenvalue weighted by molar-refractivity contribution is 5.78. The van der Waals surface area contributed by atoms with Crippen molar-refractivity contribution in [2.45, 2.75) is 0 Å². The summed E-state index contributed by atoms with van der Waals surface area (Å²) in [6.45, 7) is -0.119. The van der Waals surface area contributed by atoms with E-state index in [9.17, 15) is 8.78 Å². The molecule has 3 heteroatoms. The van der Waals surface area contributed by atoms with Crippen LogP contribution in [0.3, 0.4) is 0 Å². The summed E-state index contributed by atoms with van der Waals surface area (Å²) in [4.78, 5) is 3.30. The fourth-order valence-corrected chi connectivity index (χ4v) is 0.352. The third kappa shape index (κ3) is 0.656. The van der Waals surface area contributed by atoms with Gasteiger partial charge in [-0.3, -0.25) is 4.99 Å². The molecule has 0 radical (unpaired) electrons. The Labute approximate surface area is 39.4 Å². The number of rotatable bonds is 0. The molecule has 0 fully saturated rings. The molecule has 7 heavy (non-hydrogen) atoms. The molecule has 0 saturated carbocycles. The van der Waals surface area contributed by atoms with Crippen LogP contribution in [0.25, 0.3) is 0 Å². The Bertz CT molecular complexity index is 137. The monoisotopic (exact) mass is 103 g/mol. The van der Waals surface area contributed by atoms with Crippen LogP contribution >= 0.6 is 0 Å². The van der Waals surface area contributed by atoms with Gasteiger partial charge in [-0.2, -0.15) is 0 Å². The molecule has 1 heterocycles. The number of halogens is 2. The first-order valence-corrected chi connectivity index (χ1v) is 1.84. The SMILES string of the molecule is FC1=C(F)CN=C1. The predicted molar refractivity (Wildman–Crippen MR) is 22.6 cm³/mol. The van der Waals surface area contributed by atoms with Crippen molar-refractivity contribution in [3.05, 3.63) is 11.7 Å². The quantitative estimate of drug-likeness (QED) is 0.437. The molecule has 0 atom stereocenters. The number of nitrogens with zero attached hydrogens (tertiary/aromatic N) is 1. The van der Waals surface area contributed by atoms with Gasteiger partial charge in [-0.05, 0) is 0 Å². The van der Waals surface area contributed by atoms with Gasteiger partial charge in [0, 0.05) is 0 Å². The minimum atomic E-state index is -0.833. The van der Waals surface area contributed by atoms with Gasteiger partial charge in [-0.25, -0.2) is 8.78 Å². The van der Waals surface area contributed by atoms with Crippen LogP contribution in [0.15, 0.2) is 16.6 Å². The van der Waals surface area contributed by atoms with E-state index in [0.29, 0.717) is 0 Å². The zero-order valence-electron chi connectivity index (χ0n) is 3.49. The molecule has 0 spiro atoms. The molecule has 0 unspecified atom stereocenters. The predicted octanol–water partition coefficient (Wildman–Crippen LogP) is 1.22. The standard InChI is InChI=1S/C4H3F2N/c5-3-1-7-2-4(3)6/h1H,2H2. The summed E-state index contributed by atoms with van der Waals surface area (Å²) in [6.07, 6.45) is 0.884. The fraction of sp³-hybridized carbons (Fsp3) is 0.250. The van der Waals surface area contributed by atoms with Crippen LogP contribution in [0.5, 0.6) is 0 Å². The third-order valence-corrected chi connectivity index (χ3v) is 0.694. The smallest absolute Gasteiger partial charge is 0.174 e. The highest BCUT2D eigenvalue weighted by Gasteiger charge is 2.06. The Hall–Kier alpha value is -0.730. The van der Waals surface area contributed by atoms with E-state index in [2.05, 4.69) is 4.99 Å². The molecule has 0 N–H and O–H groups in total. The largest absolute Gasteiger partial charge is 0.283 e. The molecular weight excluding hydrogens is 100 g/mol. The first-order chi connectivity index (χ1) is 3.30. The van der Waals surface area contributed by atoms with E-state index in [-0.39, 0.29) is 6.54 Å². The summed E-state index contributed by atoms with van der Waals surface area (Å²) in [5.74, 6) is -1.60. The topological polar surface area (TPSA) is 12.4 Å². The second-order valence-electron chi connectivity index (χ2n) is 1.22.